The van der Waals surface area contributed by atoms with Gasteiger partial charge in [0, 0.05) is 13.1 Å². The summed E-state index contributed by atoms with van der Waals surface area (Å²) in [7, 11) is 1.98. The van der Waals surface area contributed by atoms with Crippen LogP contribution in [0, 0.1) is 5.41 Å². The minimum absolute atomic E-state index is 0.621. The summed E-state index contributed by atoms with van der Waals surface area (Å²) in [5.74, 6) is 0. The summed E-state index contributed by atoms with van der Waals surface area (Å²) in [6, 6.07) is 9.69. The molecule has 1 spiro atoms. The first-order valence-corrected chi connectivity index (χ1v) is 6.97. The predicted molar refractivity (Wildman–Crippen MR) is 71.2 cm³/mol. The van der Waals surface area contributed by atoms with Gasteiger partial charge in [0.15, 0.2) is 0 Å². The second-order valence-corrected chi connectivity index (χ2v) is 5.93. The van der Waals surface area contributed by atoms with Gasteiger partial charge in [-0.25, -0.2) is 5.32 Å². The Morgan fingerprint density at radius 3 is 2.47 bits per heavy atom. The third-order valence-corrected chi connectivity index (χ3v) is 4.99. The minimum atomic E-state index is 0.621. The largest absolute Gasteiger partial charge is 0.242 e. The Morgan fingerprint density at radius 2 is 1.76 bits per heavy atom. The summed E-state index contributed by atoms with van der Waals surface area (Å²) in [6.45, 7) is 0. The molecule has 0 aromatic heterocycles. The first-order valence-electron chi connectivity index (χ1n) is 6.97. The maximum Gasteiger partial charge on any atom is 0.0243 e. The van der Waals surface area contributed by atoms with E-state index in [0.29, 0.717) is 11.5 Å². The van der Waals surface area contributed by atoms with Crippen molar-refractivity contribution in [2.75, 3.05) is 7.05 Å². The van der Waals surface area contributed by atoms with E-state index in [9.17, 15) is 0 Å². The van der Waals surface area contributed by atoms with Gasteiger partial charge in [0.2, 0.25) is 0 Å². The van der Waals surface area contributed by atoms with E-state index in [1.165, 1.54) is 44.9 Å². The fourth-order valence-corrected chi connectivity index (χ4v) is 3.77. The molecule has 0 amide bonds. The molecular weight excluding hydrogens is 206 g/mol. The van der Waals surface area contributed by atoms with Crippen molar-refractivity contribution >= 4 is 0 Å². The maximum atomic E-state index is 4.47. The van der Waals surface area contributed by atoms with Crippen molar-refractivity contribution in [3.8, 4) is 0 Å². The van der Waals surface area contributed by atoms with E-state index in [2.05, 4.69) is 29.6 Å². The molecule has 0 N–H and O–H groups in total. The lowest BCUT2D eigenvalue weighted by Gasteiger charge is -2.43. The number of fused-ring (bicyclic) bond motifs is 1. The summed E-state index contributed by atoms with van der Waals surface area (Å²) in [4.78, 5) is 0. The summed E-state index contributed by atoms with van der Waals surface area (Å²) in [5.41, 5.74) is 3.83. The Morgan fingerprint density at radius 1 is 1.06 bits per heavy atom. The zero-order chi connectivity index (χ0) is 11.7. The average molecular weight is 228 g/mol. The van der Waals surface area contributed by atoms with Crippen molar-refractivity contribution in [3.05, 3.63) is 35.4 Å². The van der Waals surface area contributed by atoms with Crippen LogP contribution in [0.15, 0.2) is 24.3 Å². The molecule has 17 heavy (non-hydrogen) atoms. The van der Waals surface area contributed by atoms with Gasteiger partial charge < -0.3 is 0 Å². The van der Waals surface area contributed by atoms with Gasteiger partial charge in [0.05, 0.1) is 0 Å². The van der Waals surface area contributed by atoms with Gasteiger partial charge in [0.25, 0.3) is 0 Å². The van der Waals surface area contributed by atoms with Crippen molar-refractivity contribution in [1.29, 1.82) is 0 Å². The second-order valence-electron chi connectivity index (χ2n) is 5.93. The van der Waals surface area contributed by atoms with Crippen LogP contribution in [0.2, 0.25) is 0 Å². The van der Waals surface area contributed by atoms with Crippen LogP contribution < -0.4 is 5.32 Å². The molecule has 0 saturated heterocycles. The first-order chi connectivity index (χ1) is 8.31. The van der Waals surface area contributed by atoms with Crippen LogP contribution >= 0.6 is 0 Å². The quantitative estimate of drug-likeness (QED) is 0.700. The molecule has 1 aromatic rings. The Bertz CT molecular complexity index is 388. The smallest absolute Gasteiger partial charge is 0.0243 e. The van der Waals surface area contributed by atoms with Gasteiger partial charge in [-0.3, -0.25) is 0 Å². The van der Waals surface area contributed by atoms with Gasteiger partial charge >= 0.3 is 0 Å². The Balaban J connectivity index is 1.75. The fraction of sp³-hybridized carbons (Fsp3) is 0.625. The van der Waals surface area contributed by atoms with Crippen LogP contribution in [0.25, 0.3) is 0 Å². The lowest BCUT2D eigenvalue weighted by molar-refractivity contribution is 0.141. The average Bonchev–Trinajstić information content (AvgIpc) is 2.40. The first kappa shape index (κ1) is 11.3. The third kappa shape index (κ3) is 2.13. The lowest BCUT2D eigenvalue weighted by atomic mass is 9.63. The van der Waals surface area contributed by atoms with E-state index in [4.69, 9.17) is 0 Å². The minimum Gasteiger partial charge on any atom is -0.242 e. The van der Waals surface area contributed by atoms with Crippen LogP contribution in [0.5, 0.6) is 0 Å². The number of hydrogen-bond acceptors (Lipinski definition) is 0. The third-order valence-electron chi connectivity index (χ3n) is 4.99. The van der Waals surface area contributed by atoms with Gasteiger partial charge in [-0.2, -0.15) is 0 Å². The number of aryl methyl sites for hydroxylation is 1. The normalized spacial score (nSPS) is 32.4. The Labute approximate surface area is 105 Å². The highest BCUT2D eigenvalue weighted by Crippen LogP contribution is 2.46. The molecule has 0 heterocycles. The second kappa shape index (κ2) is 4.45. The van der Waals surface area contributed by atoms with Crippen molar-refractivity contribution in [3.63, 3.8) is 0 Å². The Hall–Kier alpha value is -0.820. The van der Waals surface area contributed by atoms with Crippen LogP contribution in [-0.4, -0.2) is 13.1 Å². The standard InChI is InChI=1S/C16H22N/c1-17-15-7-10-16(11-8-15)9-6-13-4-2-3-5-14(13)12-16/h2-5,15H,6-12H2,1H3. The van der Waals surface area contributed by atoms with Crippen molar-refractivity contribution in [2.24, 2.45) is 5.41 Å². The zero-order valence-electron chi connectivity index (χ0n) is 10.8. The molecule has 0 atom stereocenters. The molecule has 0 unspecified atom stereocenters. The Kier molecular flexibility index (Phi) is 2.96. The zero-order valence-corrected chi connectivity index (χ0v) is 10.8. The van der Waals surface area contributed by atoms with E-state index in [-0.39, 0.29) is 0 Å². The van der Waals surface area contributed by atoms with Crippen LogP contribution in [-0.2, 0) is 12.8 Å². The van der Waals surface area contributed by atoms with Crippen LogP contribution in [0.4, 0.5) is 0 Å². The van der Waals surface area contributed by atoms with E-state index in [0.717, 1.165) is 0 Å². The molecule has 1 nitrogen and oxygen atoms in total. The van der Waals surface area contributed by atoms with Crippen molar-refractivity contribution < 1.29 is 0 Å². The fourth-order valence-electron chi connectivity index (χ4n) is 3.77. The highest BCUT2D eigenvalue weighted by Gasteiger charge is 2.37. The molecule has 1 heteroatoms. The molecular formula is C16H22N. The van der Waals surface area contributed by atoms with Crippen LogP contribution in [0.1, 0.15) is 43.2 Å². The lowest BCUT2D eigenvalue weighted by Crippen LogP contribution is -2.37. The number of rotatable bonds is 1. The van der Waals surface area contributed by atoms with Crippen molar-refractivity contribution in [2.45, 2.75) is 51.0 Å². The topological polar surface area (TPSA) is 14.1 Å². The number of hydrogen-bond donors (Lipinski definition) is 0. The summed E-state index contributed by atoms with van der Waals surface area (Å²) in [6.07, 6.45) is 9.44. The van der Waals surface area contributed by atoms with Gasteiger partial charge in [-0.1, -0.05) is 24.3 Å². The monoisotopic (exact) mass is 228 g/mol. The predicted octanol–water partition coefficient (Wildman–Crippen LogP) is 3.34. The van der Waals surface area contributed by atoms with Gasteiger partial charge in [-0.15, -0.1) is 0 Å². The maximum absolute atomic E-state index is 4.47. The molecule has 1 radical (unpaired) electrons. The molecule has 2 aliphatic carbocycles. The molecule has 1 fully saturated rings. The van der Waals surface area contributed by atoms with E-state index in [1.807, 2.05) is 7.05 Å². The van der Waals surface area contributed by atoms with Crippen LogP contribution in [0.3, 0.4) is 0 Å². The summed E-state index contributed by atoms with van der Waals surface area (Å²) < 4.78 is 0. The molecule has 2 aliphatic rings. The molecule has 0 aliphatic heterocycles. The van der Waals surface area contributed by atoms with E-state index >= 15 is 0 Å². The van der Waals surface area contributed by atoms with Gasteiger partial charge in [-0.05, 0) is 61.5 Å². The molecule has 1 aromatic carbocycles. The molecule has 1 saturated carbocycles. The summed E-state index contributed by atoms with van der Waals surface area (Å²) >= 11 is 0. The summed E-state index contributed by atoms with van der Waals surface area (Å²) in [5, 5.41) is 4.47. The van der Waals surface area contributed by atoms with E-state index < -0.39 is 0 Å². The number of nitrogens with zero attached hydrogens (tertiary/aromatic N) is 1. The molecule has 0 bridgehead atoms. The number of benzene rings is 1. The van der Waals surface area contributed by atoms with E-state index in [1.54, 1.807) is 11.1 Å². The van der Waals surface area contributed by atoms with Gasteiger partial charge in [0.1, 0.15) is 0 Å². The highest BCUT2D eigenvalue weighted by atomic mass is 14.9. The SMILES string of the molecule is C[N]C1CCC2(CCc3ccccc3C2)CC1. The van der Waals surface area contributed by atoms with Crippen molar-refractivity contribution in [1.82, 2.24) is 5.32 Å². The molecule has 91 valence electrons. The highest BCUT2D eigenvalue weighted by molar-refractivity contribution is 5.31. The molecule has 3 rings (SSSR count).